The van der Waals surface area contributed by atoms with Crippen LogP contribution >= 0.6 is 0 Å². The van der Waals surface area contributed by atoms with E-state index in [-0.39, 0.29) is 0 Å². The SMILES string of the molecule is c1coc(-c2nnc(N3CCCCC3)nc2-c2ccco2)c1. The Morgan fingerprint density at radius 1 is 0.818 bits per heavy atom. The minimum Gasteiger partial charge on any atom is -0.463 e. The maximum Gasteiger partial charge on any atom is 0.246 e. The Kier molecular flexibility index (Phi) is 3.34. The predicted molar refractivity (Wildman–Crippen MR) is 81.3 cm³/mol. The third kappa shape index (κ3) is 2.36. The molecule has 4 heterocycles. The number of furan rings is 2. The van der Waals surface area contributed by atoms with Crippen molar-refractivity contribution in [3.8, 4) is 22.9 Å². The molecule has 22 heavy (non-hydrogen) atoms. The standard InChI is InChI=1S/C16H16N4O2/c1-2-8-20(9-3-1)16-17-14(12-6-4-10-21-12)15(18-19-16)13-7-5-11-22-13/h4-7,10-11H,1-3,8-9H2. The molecule has 0 aromatic carbocycles. The van der Waals surface area contributed by atoms with Crippen LogP contribution in [0.2, 0.25) is 0 Å². The smallest absolute Gasteiger partial charge is 0.246 e. The Hall–Kier alpha value is -2.63. The molecule has 1 saturated heterocycles. The topological polar surface area (TPSA) is 68.2 Å². The highest BCUT2D eigenvalue weighted by molar-refractivity contribution is 5.72. The van der Waals surface area contributed by atoms with Crippen molar-refractivity contribution in [1.29, 1.82) is 0 Å². The van der Waals surface area contributed by atoms with Crippen molar-refractivity contribution >= 4 is 5.95 Å². The summed E-state index contributed by atoms with van der Waals surface area (Å²) in [6, 6.07) is 7.38. The van der Waals surface area contributed by atoms with Gasteiger partial charge in [-0.05, 0) is 43.5 Å². The van der Waals surface area contributed by atoms with Gasteiger partial charge < -0.3 is 13.7 Å². The molecule has 1 aliphatic heterocycles. The first-order valence-corrected chi connectivity index (χ1v) is 7.49. The predicted octanol–water partition coefficient (Wildman–Crippen LogP) is 3.38. The maximum atomic E-state index is 5.51. The summed E-state index contributed by atoms with van der Waals surface area (Å²) < 4.78 is 11.0. The Balaban J connectivity index is 1.79. The summed E-state index contributed by atoms with van der Waals surface area (Å²) in [7, 11) is 0. The lowest BCUT2D eigenvalue weighted by molar-refractivity contribution is 0.557. The first kappa shape index (κ1) is 13.1. The molecule has 1 aliphatic rings. The van der Waals surface area contributed by atoms with Gasteiger partial charge in [0.15, 0.2) is 17.2 Å². The summed E-state index contributed by atoms with van der Waals surface area (Å²) in [5.41, 5.74) is 1.26. The minimum atomic E-state index is 0.598. The molecule has 0 spiro atoms. The van der Waals surface area contributed by atoms with Gasteiger partial charge >= 0.3 is 0 Å². The third-order valence-corrected chi connectivity index (χ3v) is 3.82. The largest absolute Gasteiger partial charge is 0.463 e. The average Bonchev–Trinajstić information content (AvgIpc) is 3.29. The quantitative estimate of drug-likeness (QED) is 0.738. The van der Waals surface area contributed by atoms with Gasteiger partial charge in [0.05, 0.1) is 12.5 Å². The molecule has 0 bridgehead atoms. The molecular weight excluding hydrogens is 280 g/mol. The fourth-order valence-corrected chi connectivity index (χ4v) is 2.71. The first-order valence-electron chi connectivity index (χ1n) is 7.49. The minimum absolute atomic E-state index is 0.598. The lowest BCUT2D eigenvalue weighted by Crippen LogP contribution is -2.31. The van der Waals surface area contributed by atoms with Gasteiger partial charge in [0.2, 0.25) is 5.95 Å². The zero-order valence-corrected chi connectivity index (χ0v) is 12.1. The molecule has 0 N–H and O–H groups in total. The van der Waals surface area contributed by atoms with Gasteiger partial charge in [0, 0.05) is 13.1 Å². The molecule has 3 aromatic rings. The Bertz CT molecular complexity index is 732. The highest BCUT2D eigenvalue weighted by Gasteiger charge is 2.21. The fourth-order valence-electron chi connectivity index (χ4n) is 2.71. The van der Waals surface area contributed by atoms with Crippen molar-refractivity contribution in [3.63, 3.8) is 0 Å². The molecular formula is C16H16N4O2. The van der Waals surface area contributed by atoms with Crippen molar-refractivity contribution in [2.45, 2.75) is 19.3 Å². The number of anilines is 1. The van der Waals surface area contributed by atoms with E-state index in [9.17, 15) is 0 Å². The highest BCUT2D eigenvalue weighted by Crippen LogP contribution is 2.30. The van der Waals surface area contributed by atoms with Gasteiger partial charge in [-0.2, -0.15) is 0 Å². The molecule has 0 aliphatic carbocycles. The van der Waals surface area contributed by atoms with E-state index in [0.29, 0.717) is 28.9 Å². The van der Waals surface area contributed by atoms with E-state index in [1.165, 1.54) is 19.3 Å². The van der Waals surface area contributed by atoms with E-state index >= 15 is 0 Å². The van der Waals surface area contributed by atoms with Gasteiger partial charge in [-0.3, -0.25) is 0 Å². The van der Waals surface area contributed by atoms with Crippen molar-refractivity contribution in [3.05, 3.63) is 36.8 Å². The second-order valence-electron chi connectivity index (χ2n) is 5.31. The molecule has 3 aromatic heterocycles. The van der Waals surface area contributed by atoms with E-state index in [0.717, 1.165) is 13.1 Å². The van der Waals surface area contributed by atoms with Crippen molar-refractivity contribution in [2.75, 3.05) is 18.0 Å². The van der Waals surface area contributed by atoms with Crippen LogP contribution in [0.25, 0.3) is 22.9 Å². The summed E-state index contributed by atoms with van der Waals surface area (Å²) in [5.74, 6) is 1.96. The van der Waals surface area contributed by atoms with Crippen LogP contribution in [-0.2, 0) is 0 Å². The molecule has 112 valence electrons. The van der Waals surface area contributed by atoms with Crippen molar-refractivity contribution in [1.82, 2.24) is 15.2 Å². The van der Waals surface area contributed by atoms with Crippen LogP contribution in [0.15, 0.2) is 45.6 Å². The number of rotatable bonds is 3. The summed E-state index contributed by atoms with van der Waals surface area (Å²) in [6.45, 7) is 1.94. The van der Waals surface area contributed by atoms with Gasteiger partial charge in [-0.1, -0.05) is 0 Å². The summed E-state index contributed by atoms with van der Waals surface area (Å²) >= 11 is 0. The van der Waals surface area contributed by atoms with Crippen LogP contribution in [0.4, 0.5) is 5.95 Å². The van der Waals surface area contributed by atoms with Gasteiger partial charge in [0.25, 0.3) is 0 Å². The molecule has 0 amide bonds. The first-order chi connectivity index (χ1) is 10.9. The maximum absolute atomic E-state index is 5.51. The van der Waals surface area contributed by atoms with Crippen LogP contribution in [-0.4, -0.2) is 28.3 Å². The average molecular weight is 296 g/mol. The van der Waals surface area contributed by atoms with E-state index in [1.54, 1.807) is 12.5 Å². The van der Waals surface area contributed by atoms with Crippen LogP contribution in [0.3, 0.4) is 0 Å². The Morgan fingerprint density at radius 2 is 1.50 bits per heavy atom. The van der Waals surface area contributed by atoms with E-state index in [4.69, 9.17) is 13.8 Å². The van der Waals surface area contributed by atoms with Gasteiger partial charge in [0.1, 0.15) is 5.69 Å². The van der Waals surface area contributed by atoms with E-state index in [1.807, 2.05) is 24.3 Å². The van der Waals surface area contributed by atoms with Crippen molar-refractivity contribution in [2.24, 2.45) is 0 Å². The van der Waals surface area contributed by atoms with Gasteiger partial charge in [-0.15, -0.1) is 10.2 Å². The van der Waals surface area contributed by atoms with Crippen LogP contribution in [0.5, 0.6) is 0 Å². The molecule has 4 rings (SSSR count). The summed E-state index contributed by atoms with van der Waals surface area (Å²) in [5, 5.41) is 8.64. The zero-order chi connectivity index (χ0) is 14.8. The molecule has 0 atom stereocenters. The number of hydrogen-bond donors (Lipinski definition) is 0. The third-order valence-electron chi connectivity index (χ3n) is 3.82. The molecule has 0 radical (unpaired) electrons. The molecule has 0 unspecified atom stereocenters. The molecule has 6 heteroatoms. The lowest BCUT2D eigenvalue weighted by atomic mass is 10.1. The summed E-state index contributed by atoms with van der Waals surface area (Å²) in [4.78, 5) is 6.87. The van der Waals surface area contributed by atoms with E-state index < -0.39 is 0 Å². The monoisotopic (exact) mass is 296 g/mol. The number of nitrogens with zero attached hydrogens (tertiary/aromatic N) is 4. The second-order valence-corrected chi connectivity index (χ2v) is 5.31. The van der Waals surface area contributed by atoms with Crippen LogP contribution < -0.4 is 4.90 Å². The highest BCUT2D eigenvalue weighted by atomic mass is 16.3. The Morgan fingerprint density at radius 3 is 2.14 bits per heavy atom. The fraction of sp³-hybridized carbons (Fsp3) is 0.312. The second kappa shape index (κ2) is 5.63. The van der Waals surface area contributed by atoms with Crippen LogP contribution in [0, 0.1) is 0 Å². The Labute approximate surface area is 127 Å². The van der Waals surface area contributed by atoms with Gasteiger partial charge in [-0.25, -0.2) is 4.98 Å². The number of hydrogen-bond acceptors (Lipinski definition) is 6. The number of piperidine rings is 1. The molecule has 0 saturated carbocycles. The van der Waals surface area contributed by atoms with Crippen molar-refractivity contribution < 1.29 is 8.83 Å². The summed E-state index contributed by atoms with van der Waals surface area (Å²) in [6.07, 6.45) is 6.84. The number of aromatic nitrogens is 3. The van der Waals surface area contributed by atoms with E-state index in [2.05, 4.69) is 15.1 Å². The van der Waals surface area contributed by atoms with Crippen LogP contribution in [0.1, 0.15) is 19.3 Å². The lowest BCUT2D eigenvalue weighted by Gasteiger charge is -2.26. The molecule has 1 fully saturated rings. The molecule has 6 nitrogen and oxygen atoms in total. The zero-order valence-electron chi connectivity index (χ0n) is 12.1. The normalized spacial score (nSPS) is 15.2.